The first-order valence-electron chi connectivity index (χ1n) is 7.32. The number of hydrogen-bond acceptors (Lipinski definition) is 3. The van der Waals surface area contributed by atoms with Gasteiger partial charge < -0.3 is 5.11 Å². The van der Waals surface area contributed by atoms with Crippen LogP contribution in [0.25, 0.3) is 0 Å². The average Bonchev–Trinajstić information content (AvgIpc) is 2.71. The van der Waals surface area contributed by atoms with Gasteiger partial charge in [0.25, 0.3) is 0 Å². The number of piperidine rings is 1. The van der Waals surface area contributed by atoms with E-state index in [1.54, 1.807) is 0 Å². The summed E-state index contributed by atoms with van der Waals surface area (Å²) in [6.07, 6.45) is 2.50. The van der Waals surface area contributed by atoms with Gasteiger partial charge in [0.05, 0.1) is 0 Å². The summed E-state index contributed by atoms with van der Waals surface area (Å²) in [6, 6.07) is 1.85. The lowest BCUT2D eigenvalue weighted by Crippen LogP contribution is -2.37. The van der Waals surface area contributed by atoms with Crippen molar-refractivity contribution in [2.24, 2.45) is 11.3 Å². The van der Waals surface area contributed by atoms with E-state index in [0.29, 0.717) is 10.3 Å². The maximum Gasteiger partial charge on any atom is 0.345 e. The SMILES string of the molecule is Cc1sc(C(=O)O)cc1CN1CCC(C(C)(C)C)CC1. The van der Waals surface area contributed by atoms with E-state index in [9.17, 15) is 4.79 Å². The molecule has 0 spiro atoms. The minimum absolute atomic E-state index is 0.404. The molecule has 112 valence electrons. The molecule has 0 unspecified atom stereocenters. The molecule has 20 heavy (non-hydrogen) atoms. The summed E-state index contributed by atoms with van der Waals surface area (Å²) in [7, 11) is 0. The zero-order chi connectivity index (χ0) is 14.9. The number of likely N-dealkylation sites (tertiary alicyclic amines) is 1. The predicted octanol–water partition coefficient (Wildman–Crippen LogP) is 4.01. The molecule has 3 nitrogen and oxygen atoms in total. The van der Waals surface area contributed by atoms with Crippen LogP contribution in [0.3, 0.4) is 0 Å². The van der Waals surface area contributed by atoms with Crippen LogP contribution in [0.4, 0.5) is 0 Å². The van der Waals surface area contributed by atoms with E-state index in [1.165, 1.54) is 29.7 Å². The van der Waals surface area contributed by atoms with Crippen molar-refractivity contribution < 1.29 is 9.90 Å². The Labute approximate surface area is 125 Å². The highest BCUT2D eigenvalue weighted by atomic mass is 32.1. The molecule has 0 saturated carbocycles. The van der Waals surface area contributed by atoms with E-state index in [0.717, 1.165) is 30.4 Å². The molecule has 0 atom stereocenters. The van der Waals surface area contributed by atoms with E-state index in [2.05, 4.69) is 25.7 Å². The van der Waals surface area contributed by atoms with E-state index >= 15 is 0 Å². The molecular weight excluding hydrogens is 270 g/mol. The number of nitrogens with zero attached hydrogens (tertiary/aromatic N) is 1. The number of carbonyl (C=O) groups is 1. The van der Waals surface area contributed by atoms with Crippen LogP contribution in [0.15, 0.2) is 6.07 Å². The van der Waals surface area contributed by atoms with Crippen molar-refractivity contribution in [3.63, 3.8) is 0 Å². The second kappa shape index (κ2) is 5.86. The number of hydrogen-bond donors (Lipinski definition) is 1. The van der Waals surface area contributed by atoms with Crippen LogP contribution >= 0.6 is 11.3 Å². The molecule has 1 aromatic heterocycles. The standard InChI is InChI=1S/C16H25NO2S/c1-11-12(9-14(20-11)15(18)19)10-17-7-5-13(6-8-17)16(2,3)4/h9,13H,5-8,10H2,1-4H3,(H,18,19). The van der Waals surface area contributed by atoms with E-state index in [-0.39, 0.29) is 0 Å². The van der Waals surface area contributed by atoms with Crippen molar-refractivity contribution in [1.82, 2.24) is 4.90 Å². The third-order valence-electron chi connectivity index (χ3n) is 4.44. The molecule has 1 N–H and O–H groups in total. The summed E-state index contributed by atoms with van der Waals surface area (Å²) in [6.45, 7) is 12.2. The smallest absolute Gasteiger partial charge is 0.345 e. The van der Waals surface area contributed by atoms with Crippen molar-refractivity contribution in [3.8, 4) is 0 Å². The summed E-state index contributed by atoms with van der Waals surface area (Å²) < 4.78 is 0. The molecule has 4 heteroatoms. The molecule has 2 heterocycles. The lowest BCUT2D eigenvalue weighted by molar-refractivity contribution is 0.0702. The van der Waals surface area contributed by atoms with Gasteiger partial charge in [-0.25, -0.2) is 4.79 Å². The Balaban J connectivity index is 1.94. The lowest BCUT2D eigenvalue weighted by Gasteiger charge is -2.38. The van der Waals surface area contributed by atoms with Crippen molar-refractivity contribution >= 4 is 17.3 Å². The van der Waals surface area contributed by atoms with Crippen LogP contribution in [-0.4, -0.2) is 29.1 Å². The Morgan fingerprint density at radius 2 is 2.00 bits per heavy atom. The molecule has 1 aliphatic rings. The average molecular weight is 295 g/mol. The summed E-state index contributed by atoms with van der Waals surface area (Å²) in [5.41, 5.74) is 1.59. The number of carboxylic acids is 1. The Kier molecular flexibility index (Phi) is 4.55. The number of carboxylic acid groups (broad SMARTS) is 1. The highest BCUT2D eigenvalue weighted by Crippen LogP contribution is 2.35. The second-order valence-corrected chi connectivity index (χ2v) is 8.17. The fourth-order valence-electron chi connectivity index (χ4n) is 2.98. The lowest BCUT2D eigenvalue weighted by atomic mass is 9.75. The van der Waals surface area contributed by atoms with E-state index in [4.69, 9.17) is 5.11 Å². The molecule has 0 bridgehead atoms. The highest BCUT2D eigenvalue weighted by Gasteiger charge is 2.29. The number of thiophene rings is 1. The molecule has 0 radical (unpaired) electrons. The highest BCUT2D eigenvalue weighted by molar-refractivity contribution is 7.14. The number of aromatic carboxylic acids is 1. The molecule has 0 aromatic carbocycles. The predicted molar refractivity (Wildman–Crippen MR) is 83.5 cm³/mol. The van der Waals surface area contributed by atoms with Crippen LogP contribution in [0.5, 0.6) is 0 Å². The summed E-state index contributed by atoms with van der Waals surface area (Å²) >= 11 is 1.39. The molecule has 2 rings (SSSR count). The Morgan fingerprint density at radius 1 is 1.40 bits per heavy atom. The van der Waals surface area contributed by atoms with Gasteiger partial charge in [-0.2, -0.15) is 0 Å². The molecule has 1 fully saturated rings. The Bertz CT molecular complexity index is 479. The summed E-state index contributed by atoms with van der Waals surface area (Å²) in [5, 5.41) is 9.05. The van der Waals surface area contributed by atoms with Crippen LogP contribution < -0.4 is 0 Å². The van der Waals surface area contributed by atoms with Crippen molar-refractivity contribution in [3.05, 3.63) is 21.4 Å². The quantitative estimate of drug-likeness (QED) is 0.916. The molecular formula is C16H25NO2S. The van der Waals surface area contributed by atoms with Gasteiger partial charge in [0.1, 0.15) is 4.88 Å². The van der Waals surface area contributed by atoms with Gasteiger partial charge in [-0.05, 0) is 55.8 Å². The van der Waals surface area contributed by atoms with E-state index < -0.39 is 5.97 Å². The van der Waals surface area contributed by atoms with Gasteiger partial charge >= 0.3 is 5.97 Å². The first kappa shape index (κ1) is 15.5. The monoisotopic (exact) mass is 295 g/mol. The Hall–Kier alpha value is -0.870. The molecule has 1 aliphatic heterocycles. The third kappa shape index (κ3) is 3.61. The molecule has 1 saturated heterocycles. The topological polar surface area (TPSA) is 40.5 Å². The van der Waals surface area contributed by atoms with Crippen LogP contribution in [0.1, 0.15) is 53.7 Å². The van der Waals surface area contributed by atoms with Crippen molar-refractivity contribution in [2.45, 2.75) is 47.1 Å². The maximum absolute atomic E-state index is 11.0. The minimum atomic E-state index is -0.809. The number of aryl methyl sites for hydroxylation is 1. The van der Waals surface area contributed by atoms with Gasteiger partial charge in [0.15, 0.2) is 0 Å². The maximum atomic E-state index is 11.0. The first-order valence-corrected chi connectivity index (χ1v) is 8.14. The van der Waals surface area contributed by atoms with Crippen molar-refractivity contribution in [2.75, 3.05) is 13.1 Å². The van der Waals surface area contributed by atoms with Crippen LogP contribution in [-0.2, 0) is 6.54 Å². The van der Waals surface area contributed by atoms with Gasteiger partial charge in [-0.1, -0.05) is 20.8 Å². The largest absolute Gasteiger partial charge is 0.477 e. The fraction of sp³-hybridized carbons (Fsp3) is 0.688. The first-order chi connectivity index (χ1) is 9.27. The van der Waals surface area contributed by atoms with E-state index in [1.807, 2.05) is 13.0 Å². The zero-order valence-corrected chi connectivity index (χ0v) is 13.7. The Morgan fingerprint density at radius 3 is 2.45 bits per heavy atom. The van der Waals surface area contributed by atoms with Gasteiger partial charge in [-0.3, -0.25) is 4.90 Å². The van der Waals surface area contributed by atoms with Crippen molar-refractivity contribution in [1.29, 1.82) is 0 Å². The molecule has 0 aliphatic carbocycles. The minimum Gasteiger partial charge on any atom is -0.477 e. The van der Waals surface area contributed by atoms with Gasteiger partial charge in [0, 0.05) is 11.4 Å². The molecule has 0 amide bonds. The van der Waals surface area contributed by atoms with Gasteiger partial charge in [-0.15, -0.1) is 11.3 Å². The molecule has 1 aromatic rings. The van der Waals surface area contributed by atoms with Gasteiger partial charge in [0.2, 0.25) is 0 Å². The summed E-state index contributed by atoms with van der Waals surface area (Å²) in [5.74, 6) is -0.00677. The third-order valence-corrected chi connectivity index (χ3v) is 5.52. The zero-order valence-electron chi connectivity index (χ0n) is 12.9. The normalized spacial score (nSPS) is 18.4. The summed E-state index contributed by atoms with van der Waals surface area (Å²) in [4.78, 5) is 15.1. The van der Waals surface area contributed by atoms with Crippen LogP contribution in [0, 0.1) is 18.3 Å². The van der Waals surface area contributed by atoms with Crippen LogP contribution in [0.2, 0.25) is 0 Å². The number of rotatable bonds is 3. The fourth-order valence-corrected chi connectivity index (χ4v) is 3.85. The second-order valence-electron chi connectivity index (χ2n) is 6.91.